The van der Waals surface area contributed by atoms with E-state index in [9.17, 15) is 17.7 Å². The highest BCUT2D eigenvalue weighted by Gasteiger charge is 2.26. The van der Waals surface area contributed by atoms with Crippen LogP contribution in [-0.2, 0) is 11.4 Å². The summed E-state index contributed by atoms with van der Waals surface area (Å²) in [5, 5.41) is -0.315. The van der Waals surface area contributed by atoms with Gasteiger partial charge in [0.2, 0.25) is 0 Å². The second-order valence-corrected chi connectivity index (χ2v) is 9.19. The summed E-state index contributed by atoms with van der Waals surface area (Å²) in [6, 6.07) is 5.19. The summed E-state index contributed by atoms with van der Waals surface area (Å²) >= 11 is -1.57. The Morgan fingerprint density at radius 1 is 1.11 bits per heavy atom. The lowest BCUT2D eigenvalue weighted by Gasteiger charge is -2.18. The lowest BCUT2D eigenvalue weighted by molar-refractivity contribution is 0.505. The molecule has 3 rings (SSSR count). The third-order valence-electron chi connectivity index (χ3n) is 3.97. The number of aryl methyl sites for hydroxylation is 1. The van der Waals surface area contributed by atoms with Gasteiger partial charge in [0.15, 0.2) is 17.5 Å². The van der Waals surface area contributed by atoms with E-state index in [0.717, 1.165) is 5.69 Å². The van der Waals surface area contributed by atoms with E-state index in [-0.39, 0.29) is 22.2 Å². The van der Waals surface area contributed by atoms with E-state index >= 15 is 0 Å². The second kappa shape index (κ2) is 7.52. The van der Waals surface area contributed by atoms with Gasteiger partial charge in [0.1, 0.15) is 21.6 Å². The molecule has 146 valence electrons. The van der Waals surface area contributed by atoms with Crippen molar-refractivity contribution < 1.29 is 17.7 Å². The van der Waals surface area contributed by atoms with Crippen molar-refractivity contribution in [3.63, 3.8) is 0 Å². The molecule has 0 bridgehead atoms. The highest BCUT2D eigenvalue weighted by atomic mass is 32.2. The topological polar surface area (TPSA) is 61.2 Å². The Balaban J connectivity index is 2.26. The number of aromatic nitrogens is 2. The molecule has 8 heteroatoms. The molecule has 1 unspecified atom stereocenters. The Kier molecular flexibility index (Phi) is 5.45. The molecule has 0 aliphatic carbocycles. The van der Waals surface area contributed by atoms with Crippen molar-refractivity contribution in [2.45, 2.75) is 32.4 Å². The lowest BCUT2D eigenvalue weighted by Crippen LogP contribution is -2.25. The van der Waals surface area contributed by atoms with Crippen LogP contribution in [0.1, 0.15) is 32.0 Å². The van der Waals surface area contributed by atoms with Crippen molar-refractivity contribution in [2.75, 3.05) is 0 Å². The van der Waals surface area contributed by atoms with E-state index in [0.29, 0.717) is 11.6 Å². The standard InChI is InChI=1S/C20H18F3N3OS/c1-11-5-6-12(9-24-11)18-13(10-25-28(27)20(2,3)4)7-14-17(23)15(21)8-16(22)19(14)26-18/h5-10H,1-4H3/b25-10+. The quantitative estimate of drug-likeness (QED) is 0.354. The first kappa shape index (κ1) is 20.3. The fourth-order valence-corrected chi connectivity index (χ4v) is 2.98. The van der Waals surface area contributed by atoms with Crippen molar-refractivity contribution in [2.24, 2.45) is 4.40 Å². The van der Waals surface area contributed by atoms with Gasteiger partial charge >= 0.3 is 0 Å². The molecule has 0 aliphatic heterocycles. The van der Waals surface area contributed by atoms with Crippen LogP contribution in [0.4, 0.5) is 13.2 Å². The third kappa shape index (κ3) is 4.02. The highest BCUT2D eigenvalue weighted by Crippen LogP contribution is 2.29. The molecule has 0 amide bonds. The number of halogens is 3. The number of hydrogen-bond donors (Lipinski definition) is 0. The maximum absolute atomic E-state index is 14.2. The average Bonchev–Trinajstić information content (AvgIpc) is 2.63. The molecule has 1 atom stereocenters. The maximum atomic E-state index is 14.2. The predicted octanol–water partition coefficient (Wildman–Crippen LogP) is 4.90. The zero-order chi connectivity index (χ0) is 20.6. The lowest BCUT2D eigenvalue weighted by atomic mass is 10.0. The monoisotopic (exact) mass is 405 g/mol. The van der Waals surface area contributed by atoms with Gasteiger partial charge in [0, 0.05) is 34.5 Å². The molecule has 0 saturated carbocycles. The van der Waals surface area contributed by atoms with E-state index < -0.39 is 33.6 Å². The molecule has 28 heavy (non-hydrogen) atoms. The van der Waals surface area contributed by atoms with Crippen LogP contribution < -0.4 is 0 Å². The summed E-state index contributed by atoms with van der Waals surface area (Å²) in [5.41, 5.74) is 1.57. The van der Waals surface area contributed by atoms with Crippen LogP contribution in [0, 0.1) is 24.4 Å². The van der Waals surface area contributed by atoms with Gasteiger partial charge < -0.3 is 4.55 Å². The Hall–Kier alpha value is -2.45. The summed E-state index contributed by atoms with van der Waals surface area (Å²) in [6.45, 7) is 7.08. The number of benzene rings is 1. The van der Waals surface area contributed by atoms with Gasteiger partial charge in [-0.15, -0.1) is 0 Å². The zero-order valence-electron chi connectivity index (χ0n) is 15.8. The van der Waals surface area contributed by atoms with Gasteiger partial charge in [0.05, 0.1) is 11.9 Å². The van der Waals surface area contributed by atoms with Gasteiger partial charge in [-0.1, -0.05) is 4.40 Å². The van der Waals surface area contributed by atoms with Crippen molar-refractivity contribution in [1.82, 2.24) is 9.97 Å². The van der Waals surface area contributed by atoms with E-state index in [4.69, 9.17) is 0 Å². The number of pyridine rings is 2. The van der Waals surface area contributed by atoms with Crippen molar-refractivity contribution in [3.8, 4) is 11.3 Å². The molecule has 4 nitrogen and oxygen atoms in total. The van der Waals surface area contributed by atoms with E-state index in [1.165, 1.54) is 12.3 Å². The maximum Gasteiger partial charge on any atom is 0.168 e. The van der Waals surface area contributed by atoms with E-state index in [1.807, 2.05) is 6.92 Å². The first-order chi connectivity index (χ1) is 13.1. The van der Waals surface area contributed by atoms with Crippen molar-refractivity contribution >= 4 is 28.5 Å². The van der Waals surface area contributed by atoms with Gasteiger partial charge in [-0.2, -0.15) is 0 Å². The second-order valence-electron chi connectivity index (χ2n) is 7.26. The minimum absolute atomic E-state index is 0.277. The van der Waals surface area contributed by atoms with Gasteiger partial charge in [-0.25, -0.2) is 18.2 Å². The van der Waals surface area contributed by atoms with Crippen LogP contribution in [0.2, 0.25) is 0 Å². The molecule has 0 N–H and O–H groups in total. The Morgan fingerprint density at radius 2 is 1.82 bits per heavy atom. The molecule has 2 aromatic heterocycles. The Labute approximate surface area is 163 Å². The first-order valence-corrected chi connectivity index (χ1v) is 9.56. The first-order valence-electron chi connectivity index (χ1n) is 8.45. The Morgan fingerprint density at radius 3 is 2.43 bits per heavy atom. The molecule has 0 saturated heterocycles. The molecule has 0 spiro atoms. The zero-order valence-corrected chi connectivity index (χ0v) is 16.6. The minimum Gasteiger partial charge on any atom is -0.591 e. The molecule has 0 fully saturated rings. The van der Waals surface area contributed by atoms with Gasteiger partial charge in [-0.3, -0.25) is 4.98 Å². The molecule has 1 aromatic carbocycles. The normalized spacial score (nSPS) is 13.4. The van der Waals surface area contributed by atoms with E-state index in [2.05, 4.69) is 14.4 Å². The number of nitrogens with zero attached hydrogens (tertiary/aromatic N) is 3. The van der Waals surface area contributed by atoms with Crippen molar-refractivity contribution in [1.29, 1.82) is 0 Å². The van der Waals surface area contributed by atoms with Crippen LogP contribution in [0.15, 0.2) is 34.9 Å². The van der Waals surface area contributed by atoms with Crippen LogP contribution in [0.3, 0.4) is 0 Å². The van der Waals surface area contributed by atoms with Crippen LogP contribution in [-0.4, -0.2) is 25.5 Å². The number of fused-ring (bicyclic) bond motifs is 1. The average molecular weight is 405 g/mol. The molecule has 0 radical (unpaired) electrons. The molecular formula is C20H18F3N3OS. The molecule has 3 aromatic rings. The predicted molar refractivity (Wildman–Crippen MR) is 105 cm³/mol. The Bertz CT molecular complexity index is 1060. The summed E-state index contributed by atoms with van der Waals surface area (Å²) in [7, 11) is 0. The highest BCUT2D eigenvalue weighted by molar-refractivity contribution is 7.91. The SMILES string of the molecule is Cc1ccc(-c2nc3c(F)cc(F)c(F)c3cc2/C=N/[S+]([O-])C(C)(C)C)cn1. The fraction of sp³-hybridized carbons (Fsp3) is 0.250. The minimum atomic E-state index is -1.57. The smallest absolute Gasteiger partial charge is 0.168 e. The third-order valence-corrected chi connectivity index (χ3v) is 5.32. The summed E-state index contributed by atoms with van der Waals surface area (Å²) < 4.78 is 57.8. The molecular weight excluding hydrogens is 387 g/mol. The summed E-state index contributed by atoms with van der Waals surface area (Å²) in [6.07, 6.45) is 2.82. The summed E-state index contributed by atoms with van der Waals surface area (Å²) in [5.74, 6) is -3.49. The van der Waals surface area contributed by atoms with Crippen LogP contribution >= 0.6 is 0 Å². The number of hydrogen-bond acceptors (Lipinski definition) is 4. The van der Waals surface area contributed by atoms with Gasteiger partial charge in [-0.05, 0) is 45.9 Å². The van der Waals surface area contributed by atoms with Crippen LogP contribution in [0.5, 0.6) is 0 Å². The van der Waals surface area contributed by atoms with E-state index in [1.54, 1.807) is 39.1 Å². The molecule has 0 aliphatic rings. The van der Waals surface area contributed by atoms with Crippen molar-refractivity contribution in [3.05, 3.63) is 59.2 Å². The van der Waals surface area contributed by atoms with Crippen LogP contribution in [0.25, 0.3) is 22.2 Å². The summed E-state index contributed by atoms with van der Waals surface area (Å²) in [4.78, 5) is 8.40. The number of rotatable bonds is 3. The van der Waals surface area contributed by atoms with Gasteiger partial charge in [0.25, 0.3) is 0 Å². The fourth-order valence-electron chi connectivity index (χ4n) is 2.45. The largest absolute Gasteiger partial charge is 0.591 e. The molecule has 2 heterocycles.